The van der Waals surface area contributed by atoms with Gasteiger partial charge in [0.2, 0.25) is 17.0 Å². The first kappa shape index (κ1) is 22.3. The third-order valence-corrected chi connectivity index (χ3v) is 4.13. The molecule has 0 bridgehead atoms. The molecule has 17 nitrogen and oxygen atoms in total. The Labute approximate surface area is 165 Å². The molecule has 2 saturated heterocycles. The molecule has 2 aliphatic rings. The topological polar surface area (TPSA) is 264 Å². The van der Waals surface area contributed by atoms with E-state index in [1.807, 2.05) is 0 Å². The highest BCUT2D eigenvalue weighted by Gasteiger charge is 2.54. The normalized spacial score (nSPS) is 19.9. The van der Waals surface area contributed by atoms with E-state index in [4.69, 9.17) is 5.73 Å². The van der Waals surface area contributed by atoms with Crippen LogP contribution in [0.25, 0.3) is 0 Å². The Kier molecular flexibility index (Phi) is 6.09. The molecule has 9 amide bonds. The number of imide groups is 4. The molecule has 0 atom stereocenters. The van der Waals surface area contributed by atoms with Crippen LogP contribution in [0.5, 0.6) is 0 Å². The van der Waals surface area contributed by atoms with Crippen LogP contribution in [0.4, 0.5) is 9.59 Å². The molecule has 0 aromatic rings. The van der Waals surface area contributed by atoms with Gasteiger partial charge in [-0.3, -0.25) is 50.0 Å². The van der Waals surface area contributed by atoms with Crippen molar-refractivity contribution in [1.29, 1.82) is 0 Å². The summed E-state index contributed by atoms with van der Waals surface area (Å²) in [5.74, 6) is -7.60. The van der Waals surface area contributed by atoms with Gasteiger partial charge in [-0.2, -0.15) is 5.48 Å². The van der Waals surface area contributed by atoms with Gasteiger partial charge >= 0.3 is 18.0 Å². The van der Waals surface area contributed by atoms with E-state index in [0.717, 1.165) is 0 Å². The summed E-state index contributed by atoms with van der Waals surface area (Å²) >= 11 is 0. The van der Waals surface area contributed by atoms with E-state index in [1.54, 1.807) is 26.7 Å². The van der Waals surface area contributed by atoms with Crippen molar-refractivity contribution in [2.24, 2.45) is 5.73 Å². The first-order valence-corrected chi connectivity index (χ1v) is 7.97. The van der Waals surface area contributed by atoms with Gasteiger partial charge in [0, 0.05) is 0 Å². The fourth-order valence-corrected chi connectivity index (χ4v) is 2.53. The Morgan fingerprint density at radius 2 is 1.30 bits per heavy atom. The number of nitrogens with two attached hydrogens (primary N) is 1. The second kappa shape index (κ2) is 8.19. The minimum absolute atomic E-state index is 0.728. The van der Waals surface area contributed by atoms with Gasteiger partial charge in [0.05, 0.1) is 12.8 Å². The van der Waals surface area contributed by atoms with E-state index in [1.165, 1.54) is 5.48 Å². The molecule has 0 aliphatic carbocycles. The highest BCUT2D eigenvalue weighted by molar-refractivity contribution is 6.24. The lowest BCUT2D eigenvalue weighted by Crippen LogP contribution is -2.73. The second-order valence-electron chi connectivity index (χ2n) is 6.12. The van der Waals surface area contributed by atoms with Crippen LogP contribution >= 0.6 is 0 Å². The van der Waals surface area contributed by atoms with E-state index in [0.29, 0.717) is 0 Å². The fourth-order valence-electron chi connectivity index (χ4n) is 2.53. The van der Waals surface area contributed by atoms with Gasteiger partial charge in [0.25, 0.3) is 23.6 Å². The number of urea groups is 2. The van der Waals surface area contributed by atoms with E-state index < -0.39 is 77.9 Å². The van der Waals surface area contributed by atoms with Gasteiger partial charge in [-0.05, 0) is 6.42 Å². The zero-order valence-electron chi connectivity index (χ0n) is 14.8. The zero-order chi connectivity index (χ0) is 22.7. The summed E-state index contributed by atoms with van der Waals surface area (Å²) in [6.45, 7) is 0. The molecular weight excluding hydrogens is 414 g/mol. The summed E-state index contributed by atoms with van der Waals surface area (Å²) in [7, 11) is 0. The summed E-state index contributed by atoms with van der Waals surface area (Å²) in [4.78, 5) is 98.0. The molecule has 0 radical (unpaired) electrons. The number of barbiturate groups is 2. The number of amides is 9. The third-order valence-electron chi connectivity index (χ3n) is 4.13. The quantitative estimate of drug-likeness (QED) is 0.133. The number of carbonyl (C=O) groups is 8. The number of nitrogens with one attached hydrogen (secondary N) is 6. The van der Waals surface area contributed by atoms with Crippen LogP contribution in [0.1, 0.15) is 19.3 Å². The van der Waals surface area contributed by atoms with Gasteiger partial charge < -0.3 is 15.8 Å². The Hall–Kier alpha value is -3.96. The second-order valence-corrected chi connectivity index (χ2v) is 6.12. The van der Waals surface area contributed by atoms with Crippen LogP contribution in [0.3, 0.4) is 0 Å². The van der Waals surface area contributed by atoms with Crippen LogP contribution in [0.15, 0.2) is 0 Å². The molecule has 2 heterocycles. The average Bonchev–Trinajstić information content (AvgIpc) is 2.63. The lowest BCUT2D eigenvalue weighted by Gasteiger charge is -2.33. The summed E-state index contributed by atoms with van der Waals surface area (Å²) in [5, 5.41) is 16.0. The maximum Gasteiger partial charge on any atom is 0.328 e. The molecule has 9 N–H and O–H groups in total. The van der Waals surface area contributed by atoms with Crippen molar-refractivity contribution in [3.8, 4) is 0 Å². The predicted molar refractivity (Wildman–Crippen MR) is 86.0 cm³/mol. The molecular formula is C13H15N7O10. The summed E-state index contributed by atoms with van der Waals surface area (Å²) in [6, 6.07) is -2.32. The average molecular weight is 429 g/mol. The van der Waals surface area contributed by atoms with Crippen molar-refractivity contribution < 1.29 is 48.4 Å². The minimum atomic E-state index is -2.56. The van der Waals surface area contributed by atoms with Crippen molar-refractivity contribution in [2.45, 2.75) is 30.3 Å². The van der Waals surface area contributed by atoms with Crippen molar-refractivity contribution >= 4 is 47.6 Å². The first-order valence-electron chi connectivity index (χ1n) is 7.97. The largest absolute Gasteiger partial charge is 0.370 e. The van der Waals surface area contributed by atoms with E-state index >= 15 is 0 Å². The van der Waals surface area contributed by atoms with Crippen molar-refractivity contribution in [3.63, 3.8) is 0 Å². The number of primary amides is 1. The monoisotopic (exact) mass is 429 g/mol. The van der Waals surface area contributed by atoms with Crippen LogP contribution in [0.2, 0.25) is 0 Å². The molecule has 0 aromatic carbocycles. The molecule has 0 aromatic heterocycles. The maximum absolute atomic E-state index is 12.1. The molecule has 0 unspecified atom stereocenters. The Morgan fingerprint density at radius 3 is 1.70 bits per heavy atom. The van der Waals surface area contributed by atoms with Crippen molar-refractivity contribution in [3.05, 3.63) is 0 Å². The lowest BCUT2D eigenvalue weighted by molar-refractivity contribution is -0.165. The van der Waals surface area contributed by atoms with E-state index in [9.17, 15) is 43.6 Å². The Balaban J connectivity index is 2.08. The summed E-state index contributed by atoms with van der Waals surface area (Å²) in [5.41, 5.74) is 3.21. The lowest BCUT2D eigenvalue weighted by atomic mass is 9.90. The van der Waals surface area contributed by atoms with Gasteiger partial charge in [-0.15, -0.1) is 5.48 Å². The number of hydrogen-bond acceptors (Lipinski definition) is 12. The number of carbonyl (C=O) groups excluding carboxylic acids is 8. The third kappa shape index (κ3) is 4.06. The number of rotatable bonds is 8. The zero-order valence-corrected chi connectivity index (χ0v) is 14.8. The van der Waals surface area contributed by atoms with Crippen molar-refractivity contribution in [1.82, 2.24) is 32.2 Å². The van der Waals surface area contributed by atoms with Crippen LogP contribution in [0, 0.1) is 0 Å². The molecule has 17 heteroatoms. The molecule has 2 rings (SSSR count). The molecule has 162 valence electrons. The first-order chi connectivity index (χ1) is 14.0. The van der Waals surface area contributed by atoms with Crippen LogP contribution in [-0.4, -0.2) is 63.9 Å². The van der Waals surface area contributed by atoms with Crippen LogP contribution in [-0.2, 0) is 33.6 Å². The van der Waals surface area contributed by atoms with Crippen molar-refractivity contribution in [2.75, 3.05) is 0 Å². The van der Waals surface area contributed by atoms with Gasteiger partial charge in [0.15, 0.2) is 0 Å². The highest BCUT2D eigenvalue weighted by Crippen LogP contribution is 2.18. The molecule has 2 fully saturated rings. The maximum atomic E-state index is 12.1. The van der Waals surface area contributed by atoms with Gasteiger partial charge in [0.1, 0.15) is 0 Å². The molecule has 0 saturated carbocycles. The molecule has 2 aliphatic heterocycles. The highest BCUT2D eigenvalue weighted by atomic mass is 16.7. The van der Waals surface area contributed by atoms with E-state index in [-0.39, 0.29) is 0 Å². The predicted octanol–water partition coefficient (Wildman–Crippen LogP) is -5.12. The van der Waals surface area contributed by atoms with Crippen LogP contribution < -0.4 is 38.0 Å². The number of hydroxylamine groups is 2. The number of hydrogen-bond donors (Lipinski definition) is 8. The summed E-state index contributed by atoms with van der Waals surface area (Å²) < 4.78 is 0. The Morgan fingerprint density at radius 1 is 0.867 bits per heavy atom. The van der Waals surface area contributed by atoms with E-state index in [2.05, 4.69) is 4.84 Å². The fraction of sp³-hybridized carbons (Fsp3) is 0.385. The smallest absolute Gasteiger partial charge is 0.328 e. The Bertz CT molecular complexity index is 828. The molecule has 30 heavy (non-hydrogen) atoms. The molecule has 0 spiro atoms. The van der Waals surface area contributed by atoms with Gasteiger partial charge in [-0.25, -0.2) is 9.59 Å². The SMILES string of the molecule is NC(=O)CC1(NOC(=O)CCC2(NO)C(=O)NC(=O)NC2=O)C(=O)NC(=O)NC1=O. The van der Waals surface area contributed by atoms with Gasteiger partial charge in [-0.1, -0.05) is 0 Å². The standard InChI is InChI=1S/C13H15N7O10/c14-4(21)3-13(8(25)17-11(28)18-9(13)26)20-30-5(22)1-2-12(19-29)6(23)15-10(27)16-7(12)24/h19-20,29H,1-3H2,(H2,14,21)(H2,15,16,23,24,27)(H2,17,18,25,26,28). The summed E-state index contributed by atoms with van der Waals surface area (Å²) in [6.07, 6.45) is -2.50. The minimum Gasteiger partial charge on any atom is -0.370 e.